The number of fused-ring (bicyclic) bond motifs is 1. The van der Waals surface area contributed by atoms with E-state index in [0.717, 1.165) is 21.2 Å². The molecular weight excluding hydrogens is 464 g/mol. The van der Waals surface area contributed by atoms with Crippen LogP contribution in [-0.2, 0) is 36.8 Å². The summed E-state index contributed by atoms with van der Waals surface area (Å²) in [6, 6.07) is 16.7. The fourth-order valence-electron chi connectivity index (χ4n) is 3.35. The van der Waals surface area contributed by atoms with Crippen LogP contribution in [-0.4, -0.2) is 30.4 Å². The lowest BCUT2D eigenvalue weighted by Gasteiger charge is -2.11. The van der Waals surface area contributed by atoms with Crippen molar-refractivity contribution in [2.45, 2.75) is 18.3 Å². The normalized spacial score (nSPS) is 11.1. The summed E-state index contributed by atoms with van der Waals surface area (Å²) in [4.78, 5) is 40.9. The minimum absolute atomic E-state index is 0.0185. The largest absolute Gasteiger partial charge is 0.459 e. The van der Waals surface area contributed by atoms with Crippen LogP contribution in [0.1, 0.15) is 11.3 Å². The highest BCUT2D eigenvalue weighted by Gasteiger charge is 2.15. The third-order valence-electron chi connectivity index (χ3n) is 5.18. The lowest BCUT2D eigenvalue weighted by Crippen LogP contribution is -2.38. The molecule has 0 N–H and O–H groups in total. The first-order valence-corrected chi connectivity index (χ1v) is 11.4. The van der Waals surface area contributed by atoms with Gasteiger partial charge in [0.1, 0.15) is 6.61 Å². The van der Waals surface area contributed by atoms with Crippen LogP contribution in [0, 0.1) is 0 Å². The number of aromatic nitrogens is 4. The van der Waals surface area contributed by atoms with Crippen molar-refractivity contribution in [2.24, 2.45) is 14.1 Å². The highest BCUT2D eigenvalue weighted by Crippen LogP contribution is 2.27. The molecule has 0 radical (unpaired) electrons. The van der Waals surface area contributed by atoms with Crippen molar-refractivity contribution < 1.29 is 9.53 Å². The van der Waals surface area contributed by atoms with Gasteiger partial charge in [-0.1, -0.05) is 53.7 Å². The van der Waals surface area contributed by atoms with E-state index in [1.54, 1.807) is 6.07 Å². The van der Waals surface area contributed by atoms with Gasteiger partial charge in [-0.25, -0.2) is 9.78 Å². The average molecular weight is 485 g/mol. The molecule has 2 aromatic heterocycles. The molecular formula is C23H21ClN4O4S. The molecule has 0 amide bonds. The Kier molecular flexibility index (Phi) is 6.71. The third kappa shape index (κ3) is 5.04. The topological polar surface area (TPSA) is 88.1 Å². The Balaban J connectivity index is 1.50. The Labute approximate surface area is 198 Å². The molecule has 0 spiro atoms. The van der Waals surface area contributed by atoms with Crippen LogP contribution < -0.4 is 11.2 Å². The van der Waals surface area contributed by atoms with Gasteiger partial charge < -0.3 is 9.30 Å². The average Bonchev–Trinajstić information content (AvgIpc) is 3.14. The number of hydrogen-bond acceptors (Lipinski definition) is 6. The number of thioether (sulfide) groups is 1. The highest BCUT2D eigenvalue weighted by atomic mass is 35.5. The second kappa shape index (κ2) is 9.68. The second-order valence-corrected chi connectivity index (χ2v) is 8.80. The number of imidazole rings is 1. The zero-order valence-electron chi connectivity index (χ0n) is 18.0. The molecule has 0 aliphatic rings. The minimum atomic E-state index is -0.482. The maximum Gasteiger partial charge on any atom is 0.330 e. The van der Waals surface area contributed by atoms with Crippen molar-refractivity contribution in [3.63, 3.8) is 0 Å². The van der Waals surface area contributed by atoms with E-state index in [-0.39, 0.29) is 12.4 Å². The van der Waals surface area contributed by atoms with Crippen molar-refractivity contribution in [1.29, 1.82) is 0 Å². The van der Waals surface area contributed by atoms with Crippen molar-refractivity contribution >= 4 is 40.4 Å². The molecule has 10 heteroatoms. The van der Waals surface area contributed by atoms with Gasteiger partial charge >= 0.3 is 11.7 Å². The number of hydrogen-bond donors (Lipinski definition) is 0. The third-order valence-corrected chi connectivity index (χ3v) is 6.37. The van der Waals surface area contributed by atoms with Crippen molar-refractivity contribution in [3.8, 4) is 0 Å². The molecule has 4 rings (SSSR count). The maximum absolute atomic E-state index is 12.4. The first kappa shape index (κ1) is 22.9. The number of halogens is 1. The summed E-state index contributed by atoms with van der Waals surface area (Å²) in [6.07, 6.45) is 0. The number of ether oxygens (including phenoxy) is 1. The van der Waals surface area contributed by atoms with E-state index >= 15 is 0 Å². The molecule has 0 aliphatic heterocycles. The lowest BCUT2D eigenvalue weighted by atomic mass is 10.2. The Hall–Kier alpha value is -3.30. The molecule has 0 fully saturated rings. The first-order valence-electron chi connectivity index (χ1n) is 10.1. The standard InChI is InChI=1S/C23H21ClN4O4S/c1-26-17(11-20(29)27(2)23(26)31)13-32-21(30)14-33-22-25-18-10-16(24)8-9-19(18)28(22)12-15-6-4-3-5-7-15/h3-11H,12-14H2,1-2H3. The van der Waals surface area contributed by atoms with Gasteiger partial charge in [0, 0.05) is 25.2 Å². The molecule has 170 valence electrons. The molecule has 0 aliphatic carbocycles. The van der Waals surface area contributed by atoms with E-state index in [0.29, 0.717) is 22.4 Å². The fraction of sp³-hybridized carbons (Fsp3) is 0.217. The van der Waals surface area contributed by atoms with E-state index in [4.69, 9.17) is 16.3 Å². The molecule has 0 unspecified atom stereocenters. The Morgan fingerprint density at radius 2 is 1.82 bits per heavy atom. The molecule has 2 heterocycles. The molecule has 0 bridgehead atoms. The second-order valence-electron chi connectivity index (χ2n) is 7.42. The Bertz CT molecular complexity index is 1440. The number of benzene rings is 2. The fourth-order valence-corrected chi connectivity index (χ4v) is 4.32. The summed E-state index contributed by atoms with van der Waals surface area (Å²) < 4.78 is 9.61. The summed E-state index contributed by atoms with van der Waals surface area (Å²) in [7, 11) is 2.92. The molecule has 0 saturated carbocycles. The van der Waals surface area contributed by atoms with E-state index in [1.165, 1.54) is 36.5 Å². The Morgan fingerprint density at radius 3 is 2.58 bits per heavy atom. The number of nitrogens with zero attached hydrogens (tertiary/aromatic N) is 4. The van der Waals surface area contributed by atoms with Gasteiger partial charge in [0.15, 0.2) is 5.16 Å². The smallest absolute Gasteiger partial charge is 0.330 e. The predicted molar refractivity (Wildman–Crippen MR) is 128 cm³/mol. The van der Waals surface area contributed by atoms with Crippen LogP contribution >= 0.6 is 23.4 Å². The van der Waals surface area contributed by atoms with Crippen molar-refractivity contribution in [3.05, 3.63) is 91.7 Å². The number of rotatable bonds is 7. The SMILES string of the molecule is Cn1c(COC(=O)CSc2nc3cc(Cl)ccc3n2Cc2ccccc2)cc(=O)n(C)c1=O. The van der Waals surface area contributed by atoms with E-state index in [9.17, 15) is 14.4 Å². The molecule has 33 heavy (non-hydrogen) atoms. The van der Waals surface area contributed by atoms with Crippen LogP contribution in [0.3, 0.4) is 0 Å². The van der Waals surface area contributed by atoms with E-state index < -0.39 is 17.2 Å². The van der Waals surface area contributed by atoms with E-state index in [2.05, 4.69) is 4.98 Å². The van der Waals surface area contributed by atoms with Gasteiger partial charge in [-0.2, -0.15) is 0 Å². The number of esters is 1. The first-order chi connectivity index (χ1) is 15.8. The van der Waals surface area contributed by atoms with Crippen LogP contribution in [0.25, 0.3) is 11.0 Å². The number of carbonyl (C=O) groups excluding carboxylic acids is 1. The zero-order chi connectivity index (χ0) is 23.5. The summed E-state index contributed by atoms with van der Waals surface area (Å²) in [5, 5.41) is 1.25. The zero-order valence-corrected chi connectivity index (χ0v) is 19.6. The minimum Gasteiger partial charge on any atom is -0.459 e. The summed E-state index contributed by atoms with van der Waals surface area (Å²) in [5.74, 6) is -0.463. The highest BCUT2D eigenvalue weighted by molar-refractivity contribution is 7.99. The van der Waals surface area contributed by atoms with Crippen LogP contribution in [0.2, 0.25) is 5.02 Å². The van der Waals surface area contributed by atoms with Gasteiger partial charge in [-0.15, -0.1) is 0 Å². The number of carbonyl (C=O) groups is 1. The summed E-state index contributed by atoms with van der Waals surface area (Å²) >= 11 is 7.39. The van der Waals surface area contributed by atoms with Gasteiger partial charge in [0.25, 0.3) is 5.56 Å². The van der Waals surface area contributed by atoms with Gasteiger partial charge in [0.05, 0.1) is 29.0 Å². The van der Waals surface area contributed by atoms with Crippen molar-refractivity contribution in [1.82, 2.24) is 18.7 Å². The van der Waals surface area contributed by atoms with E-state index in [1.807, 2.05) is 47.0 Å². The van der Waals surface area contributed by atoms with Crippen molar-refractivity contribution in [2.75, 3.05) is 5.75 Å². The Morgan fingerprint density at radius 1 is 1.06 bits per heavy atom. The van der Waals surface area contributed by atoms with Crippen LogP contribution in [0.15, 0.2) is 69.3 Å². The van der Waals surface area contributed by atoms with Gasteiger partial charge in [0.2, 0.25) is 0 Å². The molecule has 2 aromatic carbocycles. The van der Waals surface area contributed by atoms with Crippen LogP contribution in [0.5, 0.6) is 0 Å². The summed E-state index contributed by atoms with van der Waals surface area (Å²) in [6.45, 7) is 0.420. The van der Waals surface area contributed by atoms with Gasteiger partial charge in [-0.05, 0) is 23.8 Å². The monoisotopic (exact) mass is 484 g/mol. The lowest BCUT2D eigenvalue weighted by molar-refractivity contribution is -0.141. The molecule has 4 aromatic rings. The predicted octanol–water partition coefficient (Wildman–Crippen LogP) is 2.97. The quantitative estimate of drug-likeness (QED) is 0.296. The van der Waals surface area contributed by atoms with Gasteiger partial charge in [-0.3, -0.25) is 18.7 Å². The summed E-state index contributed by atoms with van der Waals surface area (Å²) in [5.41, 5.74) is 2.15. The molecule has 8 nitrogen and oxygen atoms in total. The maximum atomic E-state index is 12.4. The molecule has 0 atom stereocenters. The van der Waals surface area contributed by atoms with Crippen LogP contribution in [0.4, 0.5) is 0 Å². The molecule has 0 saturated heterocycles.